The number of fused-ring (bicyclic) bond motifs is 1. The summed E-state index contributed by atoms with van der Waals surface area (Å²) >= 11 is 0. The number of benzene rings is 1. The molecule has 136 valence electrons. The third kappa shape index (κ3) is 3.05. The van der Waals surface area contributed by atoms with Crippen molar-refractivity contribution in [3.63, 3.8) is 0 Å². The number of aryl methyl sites for hydroxylation is 1. The summed E-state index contributed by atoms with van der Waals surface area (Å²) in [6, 6.07) is 6.76. The highest BCUT2D eigenvalue weighted by Gasteiger charge is 2.14. The molecule has 0 saturated carbocycles. The SMILES string of the molecule is CCC(C)n1nccc1NC(=O)c1ccc2c(c1)[nH]c(=O)c(=O)n2CC. The molecule has 26 heavy (non-hydrogen) atoms. The Bertz CT molecular complexity index is 1080. The Morgan fingerprint density at radius 3 is 2.73 bits per heavy atom. The maximum absolute atomic E-state index is 12.6. The van der Waals surface area contributed by atoms with E-state index in [0.29, 0.717) is 29.0 Å². The smallest absolute Gasteiger partial charge is 0.316 e. The first-order valence-electron chi connectivity index (χ1n) is 8.58. The van der Waals surface area contributed by atoms with Crippen molar-refractivity contribution < 1.29 is 4.79 Å². The highest BCUT2D eigenvalue weighted by molar-refractivity contribution is 6.05. The van der Waals surface area contributed by atoms with Gasteiger partial charge in [0.1, 0.15) is 5.82 Å². The number of aromatic nitrogens is 4. The van der Waals surface area contributed by atoms with Crippen LogP contribution >= 0.6 is 0 Å². The van der Waals surface area contributed by atoms with Crippen LogP contribution in [0.2, 0.25) is 0 Å². The van der Waals surface area contributed by atoms with Crippen molar-refractivity contribution in [1.29, 1.82) is 0 Å². The largest absolute Gasteiger partial charge is 0.316 e. The molecule has 1 aromatic carbocycles. The van der Waals surface area contributed by atoms with Crippen LogP contribution in [0.15, 0.2) is 40.1 Å². The van der Waals surface area contributed by atoms with Crippen molar-refractivity contribution in [3.8, 4) is 0 Å². The highest BCUT2D eigenvalue weighted by Crippen LogP contribution is 2.18. The molecular weight excluding hydrogens is 334 g/mol. The van der Waals surface area contributed by atoms with E-state index < -0.39 is 11.1 Å². The summed E-state index contributed by atoms with van der Waals surface area (Å²) in [5, 5.41) is 7.09. The van der Waals surface area contributed by atoms with Gasteiger partial charge in [0.2, 0.25) is 0 Å². The summed E-state index contributed by atoms with van der Waals surface area (Å²) in [7, 11) is 0. The van der Waals surface area contributed by atoms with Crippen LogP contribution in [0.4, 0.5) is 5.82 Å². The van der Waals surface area contributed by atoms with Gasteiger partial charge in [0, 0.05) is 18.2 Å². The van der Waals surface area contributed by atoms with Crippen molar-refractivity contribution in [1.82, 2.24) is 19.3 Å². The minimum atomic E-state index is -0.702. The lowest BCUT2D eigenvalue weighted by Crippen LogP contribution is -2.36. The average molecular weight is 355 g/mol. The van der Waals surface area contributed by atoms with Crippen LogP contribution in [-0.4, -0.2) is 25.2 Å². The fourth-order valence-electron chi connectivity index (χ4n) is 2.86. The van der Waals surface area contributed by atoms with Crippen molar-refractivity contribution in [2.45, 2.75) is 39.8 Å². The van der Waals surface area contributed by atoms with Crippen LogP contribution in [0.1, 0.15) is 43.6 Å². The molecule has 0 bridgehead atoms. The van der Waals surface area contributed by atoms with Crippen LogP contribution in [0.3, 0.4) is 0 Å². The van der Waals surface area contributed by atoms with Gasteiger partial charge in [-0.2, -0.15) is 5.10 Å². The van der Waals surface area contributed by atoms with E-state index in [1.165, 1.54) is 4.57 Å². The van der Waals surface area contributed by atoms with E-state index in [9.17, 15) is 14.4 Å². The Kier molecular flexibility index (Phi) is 4.75. The van der Waals surface area contributed by atoms with Crippen LogP contribution in [0.25, 0.3) is 11.0 Å². The zero-order chi connectivity index (χ0) is 18.8. The lowest BCUT2D eigenvalue weighted by Gasteiger charge is -2.14. The minimum Gasteiger partial charge on any atom is -0.316 e. The third-order valence-corrected chi connectivity index (χ3v) is 4.47. The Balaban J connectivity index is 1.97. The lowest BCUT2D eigenvalue weighted by molar-refractivity contribution is 0.102. The summed E-state index contributed by atoms with van der Waals surface area (Å²) in [6.07, 6.45) is 2.52. The van der Waals surface area contributed by atoms with Crippen molar-refractivity contribution in [3.05, 3.63) is 56.7 Å². The number of carbonyl (C=O) groups is 1. The lowest BCUT2D eigenvalue weighted by atomic mass is 10.1. The number of rotatable bonds is 5. The van der Waals surface area contributed by atoms with E-state index in [0.717, 1.165) is 6.42 Å². The molecule has 2 N–H and O–H groups in total. The van der Waals surface area contributed by atoms with Gasteiger partial charge in [-0.1, -0.05) is 6.92 Å². The Hall–Kier alpha value is -3.16. The standard InChI is InChI=1S/C18H21N5O3/c1-4-11(3)23-15(8-9-19-23)21-16(24)12-6-7-14-13(10-12)20-17(25)18(26)22(14)5-2/h6-11H,4-5H2,1-3H3,(H,20,25)(H,21,24). The summed E-state index contributed by atoms with van der Waals surface area (Å²) in [5.74, 6) is 0.295. The molecule has 0 aliphatic heterocycles. The second-order valence-electron chi connectivity index (χ2n) is 6.11. The van der Waals surface area contributed by atoms with E-state index in [-0.39, 0.29) is 11.9 Å². The van der Waals surface area contributed by atoms with E-state index in [1.54, 1.807) is 42.1 Å². The Morgan fingerprint density at radius 1 is 1.27 bits per heavy atom. The number of anilines is 1. The normalized spacial score (nSPS) is 12.3. The fraction of sp³-hybridized carbons (Fsp3) is 0.333. The number of H-pyrrole nitrogens is 1. The Labute approximate surface area is 149 Å². The topological polar surface area (TPSA) is 102 Å². The van der Waals surface area contributed by atoms with Gasteiger partial charge in [-0.3, -0.25) is 14.4 Å². The molecular formula is C18H21N5O3. The quantitative estimate of drug-likeness (QED) is 0.685. The monoisotopic (exact) mass is 355 g/mol. The number of carbonyl (C=O) groups excluding carboxylic acids is 1. The predicted octanol–water partition coefficient (Wildman–Crippen LogP) is 2.13. The number of nitrogens with zero attached hydrogens (tertiary/aromatic N) is 3. The maximum Gasteiger partial charge on any atom is 0.316 e. The van der Waals surface area contributed by atoms with Gasteiger partial charge in [-0.15, -0.1) is 0 Å². The van der Waals surface area contributed by atoms with Crippen molar-refractivity contribution >= 4 is 22.8 Å². The first-order chi connectivity index (χ1) is 12.5. The molecule has 8 nitrogen and oxygen atoms in total. The molecule has 2 heterocycles. The molecule has 1 atom stereocenters. The van der Waals surface area contributed by atoms with Gasteiger partial charge in [-0.05, 0) is 38.5 Å². The molecule has 3 aromatic rings. The first-order valence-corrected chi connectivity index (χ1v) is 8.58. The second kappa shape index (κ2) is 6.99. The maximum atomic E-state index is 12.6. The van der Waals surface area contributed by atoms with E-state index >= 15 is 0 Å². The number of hydrogen-bond donors (Lipinski definition) is 2. The third-order valence-electron chi connectivity index (χ3n) is 4.47. The van der Waals surface area contributed by atoms with Gasteiger partial charge in [0.15, 0.2) is 0 Å². The molecule has 1 amide bonds. The molecule has 2 aromatic heterocycles. The van der Waals surface area contributed by atoms with Gasteiger partial charge in [-0.25, -0.2) is 4.68 Å². The zero-order valence-corrected chi connectivity index (χ0v) is 14.9. The highest BCUT2D eigenvalue weighted by atomic mass is 16.2. The van der Waals surface area contributed by atoms with Crippen LogP contribution in [-0.2, 0) is 6.54 Å². The van der Waals surface area contributed by atoms with Crippen LogP contribution in [0, 0.1) is 0 Å². The van der Waals surface area contributed by atoms with Gasteiger partial charge >= 0.3 is 11.1 Å². The number of amides is 1. The average Bonchev–Trinajstić information content (AvgIpc) is 3.09. The molecule has 3 rings (SSSR count). The van der Waals surface area contributed by atoms with Crippen LogP contribution < -0.4 is 16.4 Å². The number of hydrogen-bond acceptors (Lipinski definition) is 4. The molecule has 0 aliphatic rings. The summed E-state index contributed by atoms with van der Waals surface area (Å²) in [6.45, 7) is 6.23. The summed E-state index contributed by atoms with van der Waals surface area (Å²) in [4.78, 5) is 38.9. The van der Waals surface area contributed by atoms with E-state index in [1.807, 2.05) is 13.8 Å². The van der Waals surface area contributed by atoms with E-state index in [4.69, 9.17) is 0 Å². The Morgan fingerprint density at radius 2 is 2.04 bits per heavy atom. The first kappa shape index (κ1) is 17.7. The van der Waals surface area contributed by atoms with Gasteiger partial charge < -0.3 is 14.9 Å². The predicted molar refractivity (Wildman–Crippen MR) is 99.7 cm³/mol. The van der Waals surface area contributed by atoms with Crippen LogP contribution in [0.5, 0.6) is 0 Å². The minimum absolute atomic E-state index is 0.159. The number of nitrogens with one attached hydrogen (secondary N) is 2. The molecule has 8 heteroatoms. The van der Waals surface area contributed by atoms with E-state index in [2.05, 4.69) is 15.4 Å². The number of aromatic amines is 1. The summed E-state index contributed by atoms with van der Waals surface area (Å²) in [5.41, 5.74) is 0.102. The molecule has 0 saturated heterocycles. The molecule has 0 fully saturated rings. The van der Waals surface area contributed by atoms with Gasteiger partial charge in [0.05, 0.1) is 23.3 Å². The summed E-state index contributed by atoms with van der Waals surface area (Å²) < 4.78 is 3.14. The zero-order valence-electron chi connectivity index (χ0n) is 14.9. The molecule has 0 aliphatic carbocycles. The molecule has 1 unspecified atom stereocenters. The molecule has 0 spiro atoms. The van der Waals surface area contributed by atoms with Crippen molar-refractivity contribution in [2.24, 2.45) is 0 Å². The fourth-order valence-corrected chi connectivity index (χ4v) is 2.86. The van der Waals surface area contributed by atoms with Gasteiger partial charge in [0.25, 0.3) is 5.91 Å². The van der Waals surface area contributed by atoms with Crippen molar-refractivity contribution in [2.75, 3.05) is 5.32 Å². The second-order valence-corrected chi connectivity index (χ2v) is 6.11. The molecule has 0 radical (unpaired) electrons.